The van der Waals surface area contributed by atoms with Gasteiger partial charge in [-0.3, -0.25) is 4.98 Å². The Morgan fingerprint density at radius 2 is 2.06 bits per heavy atom. The number of phenolic OH excluding ortho intramolecular Hbond substituents is 1. The first-order valence-corrected chi connectivity index (χ1v) is 6.10. The zero-order valence-electron chi connectivity index (χ0n) is 10.4. The largest absolute Gasteiger partial charge is 0.508 e. The molecule has 2 N–H and O–H groups in total. The fourth-order valence-corrected chi connectivity index (χ4v) is 2.05. The van der Waals surface area contributed by atoms with Gasteiger partial charge in [0.15, 0.2) is 0 Å². The summed E-state index contributed by atoms with van der Waals surface area (Å²) in [4.78, 5) is 4.26. The molecule has 1 aromatic carbocycles. The Labute approximate surface area is 107 Å². The fraction of sp³-hybridized carbons (Fsp3) is 0.267. The molecule has 0 aliphatic heterocycles. The van der Waals surface area contributed by atoms with Crippen LogP contribution in [0, 0.1) is 0 Å². The molecule has 3 nitrogen and oxygen atoms in total. The van der Waals surface area contributed by atoms with E-state index in [4.69, 9.17) is 0 Å². The molecule has 3 heteroatoms. The summed E-state index contributed by atoms with van der Waals surface area (Å²) in [6, 6.07) is 10.8. The number of benzene rings is 1. The number of aliphatic hydroxyl groups excluding tert-OH is 1. The highest BCUT2D eigenvalue weighted by Gasteiger charge is 2.13. The summed E-state index contributed by atoms with van der Waals surface area (Å²) in [5, 5.41) is 19.6. The van der Waals surface area contributed by atoms with Crippen LogP contribution in [0.15, 0.2) is 42.6 Å². The number of phenols is 1. The lowest BCUT2D eigenvalue weighted by Crippen LogP contribution is -2.07. The topological polar surface area (TPSA) is 53.4 Å². The molecular weight excluding hydrogens is 226 g/mol. The second kappa shape index (κ2) is 5.65. The minimum absolute atomic E-state index is 0.219. The molecule has 0 radical (unpaired) electrons. The summed E-state index contributed by atoms with van der Waals surface area (Å²) >= 11 is 0. The van der Waals surface area contributed by atoms with Crippen LogP contribution in [0.3, 0.4) is 0 Å². The molecule has 0 aliphatic rings. The minimum atomic E-state index is -0.636. The Hall–Kier alpha value is -1.87. The van der Waals surface area contributed by atoms with E-state index in [1.165, 1.54) is 0 Å². The van der Waals surface area contributed by atoms with Crippen molar-refractivity contribution in [1.82, 2.24) is 4.98 Å². The molecule has 18 heavy (non-hydrogen) atoms. The Balaban J connectivity index is 2.19. The van der Waals surface area contributed by atoms with Crippen molar-refractivity contribution in [1.29, 1.82) is 0 Å². The molecule has 0 spiro atoms. The highest BCUT2D eigenvalue weighted by Crippen LogP contribution is 2.21. The summed E-state index contributed by atoms with van der Waals surface area (Å²) in [6.07, 6.45) is 2.36. The van der Waals surface area contributed by atoms with Crippen LogP contribution in [0.4, 0.5) is 0 Å². The molecule has 1 atom stereocenters. The fourth-order valence-electron chi connectivity index (χ4n) is 2.05. The first-order chi connectivity index (χ1) is 8.70. The van der Waals surface area contributed by atoms with Gasteiger partial charge in [-0.15, -0.1) is 0 Å². The van der Waals surface area contributed by atoms with Gasteiger partial charge in [0.25, 0.3) is 0 Å². The van der Waals surface area contributed by atoms with E-state index in [2.05, 4.69) is 4.98 Å². The number of aryl methyl sites for hydroxylation is 1. The number of nitrogens with zero attached hydrogens (tertiary/aromatic N) is 1. The summed E-state index contributed by atoms with van der Waals surface area (Å²) in [5.41, 5.74) is 2.68. The number of aromatic nitrogens is 1. The van der Waals surface area contributed by atoms with E-state index in [1.807, 2.05) is 25.1 Å². The van der Waals surface area contributed by atoms with Gasteiger partial charge in [0.05, 0.1) is 5.69 Å². The van der Waals surface area contributed by atoms with Crippen LogP contribution in [0.2, 0.25) is 0 Å². The van der Waals surface area contributed by atoms with E-state index in [-0.39, 0.29) is 5.75 Å². The molecule has 1 aromatic heterocycles. The summed E-state index contributed by atoms with van der Waals surface area (Å²) in [5.74, 6) is 0.219. The lowest BCUT2D eigenvalue weighted by Gasteiger charge is -2.13. The third-order valence-electron chi connectivity index (χ3n) is 2.96. The molecule has 2 aromatic rings. The van der Waals surface area contributed by atoms with Gasteiger partial charge in [0.1, 0.15) is 11.9 Å². The lowest BCUT2D eigenvalue weighted by atomic mass is 10.0. The molecule has 0 saturated heterocycles. The van der Waals surface area contributed by atoms with Crippen molar-refractivity contribution in [3.05, 3.63) is 59.4 Å². The molecule has 0 amide bonds. The number of pyridine rings is 1. The molecule has 2 rings (SSSR count). The Kier molecular flexibility index (Phi) is 3.95. The van der Waals surface area contributed by atoms with Crippen LogP contribution in [-0.2, 0) is 12.8 Å². The monoisotopic (exact) mass is 243 g/mol. The van der Waals surface area contributed by atoms with Crippen LogP contribution in [0.1, 0.15) is 29.8 Å². The highest BCUT2D eigenvalue weighted by molar-refractivity contribution is 5.29. The number of aliphatic hydroxyl groups is 1. The normalized spacial score (nSPS) is 12.3. The van der Waals surface area contributed by atoms with Gasteiger partial charge in [0.2, 0.25) is 0 Å². The third kappa shape index (κ3) is 2.87. The second-order valence-corrected chi connectivity index (χ2v) is 4.29. The van der Waals surface area contributed by atoms with Gasteiger partial charge >= 0.3 is 0 Å². The van der Waals surface area contributed by atoms with Crippen LogP contribution < -0.4 is 0 Å². The molecule has 94 valence electrons. The van der Waals surface area contributed by atoms with Gasteiger partial charge < -0.3 is 10.2 Å². The van der Waals surface area contributed by atoms with E-state index in [0.29, 0.717) is 6.42 Å². The Morgan fingerprint density at radius 3 is 2.78 bits per heavy atom. The van der Waals surface area contributed by atoms with E-state index >= 15 is 0 Å². The molecule has 0 fully saturated rings. The first-order valence-electron chi connectivity index (χ1n) is 6.10. The van der Waals surface area contributed by atoms with Crippen LogP contribution in [-0.4, -0.2) is 15.2 Å². The molecule has 0 saturated carbocycles. The molecular formula is C15H17NO2. The van der Waals surface area contributed by atoms with E-state index in [1.54, 1.807) is 24.4 Å². The number of rotatable bonds is 4. The maximum absolute atomic E-state index is 10.2. The van der Waals surface area contributed by atoms with Gasteiger partial charge in [-0.25, -0.2) is 0 Å². The van der Waals surface area contributed by atoms with Crippen molar-refractivity contribution in [3.8, 4) is 5.75 Å². The smallest absolute Gasteiger partial charge is 0.115 e. The second-order valence-electron chi connectivity index (χ2n) is 4.29. The van der Waals surface area contributed by atoms with Crippen LogP contribution in [0.5, 0.6) is 5.75 Å². The number of aromatic hydroxyl groups is 1. The van der Waals surface area contributed by atoms with Crippen molar-refractivity contribution in [2.75, 3.05) is 0 Å². The van der Waals surface area contributed by atoms with Gasteiger partial charge in [-0.2, -0.15) is 0 Å². The lowest BCUT2D eigenvalue weighted by molar-refractivity contribution is 0.172. The quantitative estimate of drug-likeness (QED) is 0.868. The molecule has 1 unspecified atom stereocenters. The minimum Gasteiger partial charge on any atom is -0.508 e. The van der Waals surface area contributed by atoms with Gasteiger partial charge in [-0.1, -0.05) is 25.1 Å². The van der Waals surface area contributed by atoms with E-state index in [9.17, 15) is 10.2 Å². The van der Waals surface area contributed by atoms with Gasteiger partial charge in [0, 0.05) is 12.6 Å². The van der Waals surface area contributed by atoms with Crippen molar-refractivity contribution in [2.45, 2.75) is 25.9 Å². The zero-order valence-corrected chi connectivity index (χ0v) is 10.4. The van der Waals surface area contributed by atoms with Crippen molar-refractivity contribution in [2.24, 2.45) is 0 Å². The zero-order chi connectivity index (χ0) is 13.0. The van der Waals surface area contributed by atoms with Crippen molar-refractivity contribution >= 4 is 0 Å². The van der Waals surface area contributed by atoms with E-state index < -0.39 is 6.10 Å². The van der Waals surface area contributed by atoms with Gasteiger partial charge in [-0.05, 0) is 35.7 Å². The van der Waals surface area contributed by atoms with Crippen LogP contribution in [0.25, 0.3) is 0 Å². The van der Waals surface area contributed by atoms with Crippen LogP contribution >= 0.6 is 0 Å². The standard InChI is InChI=1S/C15H17NO2/c1-2-12-6-4-8-16-15(12)14(18)10-11-5-3-7-13(17)9-11/h3-9,14,17-18H,2,10H2,1H3. The SMILES string of the molecule is CCc1cccnc1C(O)Cc1cccc(O)c1. The summed E-state index contributed by atoms with van der Waals surface area (Å²) in [7, 11) is 0. The average Bonchev–Trinajstić information content (AvgIpc) is 2.38. The van der Waals surface area contributed by atoms with E-state index in [0.717, 1.165) is 23.2 Å². The highest BCUT2D eigenvalue weighted by atomic mass is 16.3. The molecule has 0 bridgehead atoms. The predicted octanol–water partition coefficient (Wildman–Crippen LogP) is 2.63. The third-order valence-corrected chi connectivity index (χ3v) is 2.96. The Morgan fingerprint density at radius 1 is 1.22 bits per heavy atom. The first kappa shape index (κ1) is 12.6. The van der Waals surface area contributed by atoms with Crippen molar-refractivity contribution in [3.63, 3.8) is 0 Å². The number of hydrogen-bond acceptors (Lipinski definition) is 3. The maximum atomic E-state index is 10.2. The summed E-state index contributed by atoms with van der Waals surface area (Å²) in [6.45, 7) is 2.04. The summed E-state index contributed by atoms with van der Waals surface area (Å²) < 4.78 is 0. The maximum Gasteiger partial charge on any atom is 0.115 e. The average molecular weight is 243 g/mol. The Bertz CT molecular complexity index is 525. The number of hydrogen-bond donors (Lipinski definition) is 2. The van der Waals surface area contributed by atoms with Crippen molar-refractivity contribution < 1.29 is 10.2 Å². The molecule has 1 heterocycles. The predicted molar refractivity (Wildman–Crippen MR) is 70.4 cm³/mol. The molecule has 0 aliphatic carbocycles.